The molecule has 18 heavy (non-hydrogen) atoms. The zero-order chi connectivity index (χ0) is 13.5. The van der Waals surface area contributed by atoms with E-state index in [4.69, 9.17) is 4.74 Å². The Kier molecular flexibility index (Phi) is 6.16. The Morgan fingerprint density at radius 1 is 1.22 bits per heavy atom. The number of nitrogens with zero attached hydrogens (tertiary/aromatic N) is 1. The second-order valence-electron chi connectivity index (χ2n) is 4.91. The minimum atomic E-state index is -0.281. The van der Waals surface area contributed by atoms with Crippen LogP contribution in [0.3, 0.4) is 0 Å². The summed E-state index contributed by atoms with van der Waals surface area (Å²) in [5.74, 6) is 0.901. The molecule has 0 amide bonds. The summed E-state index contributed by atoms with van der Waals surface area (Å²) in [6.45, 7) is 4.89. The molecule has 0 heterocycles. The average Bonchev–Trinajstić information content (AvgIpc) is 2.38. The van der Waals surface area contributed by atoms with Gasteiger partial charge in [-0.3, -0.25) is 0 Å². The van der Waals surface area contributed by atoms with Crippen molar-refractivity contribution < 1.29 is 9.84 Å². The number of ether oxygens (including phenoxy) is 1. The molecule has 0 aliphatic carbocycles. The summed E-state index contributed by atoms with van der Waals surface area (Å²) >= 11 is 0. The molecule has 2 atom stereocenters. The van der Waals surface area contributed by atoms with E-state index < -0.39 is 0 Å². The van der Waals surface area contributed by atoms with Crippen molar-refractivity contribution in [3.05, 3.63) is 29.8 Å². The number of likely N-dealkylation sites (N-methyl/N-ethyl adjacent to an activating group) is 1. The van der Waals surface area contributed by atoms with Crippen LogP contribution in [0, 0.1) is 0 Å². The van der Waals surface area contributed by atoms with Crippen LogP contribution in [0.4, 0.5) is 0 Å². The summed E-state index contributed by atoms with van der Waals surface area (Å²) in [6, 6.07) is 8.42. The van der Waals surface area contributed by atoms with Gasteiger partial charge in [-0.25, -0.2) is 0 Å². The Bertz CT molecular complexity index is 335. The molecule has 0 saturated heterocycles. The lowest BCUT2D eigenvalue weighted by Crippen LogP contribution is -2.38. The van der Waals surface area contributed by atoms with E-state index in [1.54, 1.807) is 7.11 Å². The maximum atomic E-state index is 9.51. The Labute approximate surface area is 110 Å². The molecule has 0 aromatic heterocycles. The summed E-state index contributed by atoms with van der Waals surface area (Å²) in [6.07, 6.45) is 1.87. The van der Waals surface area contributed by atoms with Gasteiger partial charge in [-0.1, -0.05) is 12.1 Å². The van der Waals surface area contributed by atoms with E-state index in [9.17, 15) is 5.11 Å². The van der Waals surface area contributed by atoms with Gasteiger partial charge in [0.15, 0.2) is 0 Å². The lowest BCUT2D eigenvalue weighted by atomic mass is 10.1. The Balaban J connectivity index is 2.32. The van der Waals surface area contributed by atoms with Crippen LogP contribution < -0.4 is 4.74 Å². The van der Waals surface area contributed by atoms with Crippen LogP contribution in [-0.2, 0) is 6.42 Å². The molecule has 0 bridgehead atoms. The van der Waals surface area contributed by atoms with E-state index in [0.29, 0.717) is 0 Å². The first kappa shape index (κ1) is 15.0. The number of aliphatic hydroxyl groups is 1. The maximum Gasteiger partial charge on any atom is 0.118 e. The van der Waals surface area contributed by atoms with Crippen LogP contribution in [-0.4, -0.2) is 42.9 Å². The van der Waals surface area contributed by atoms with Crippen molar-refractivity contribution in [1.82, 2.24) is 4.90 Å². The van der Waals surface area contributed by atoms with Crippen molar-refractivity contribution in [2.75, 3.05) is 20.7 Å². The highest BCUT2D eigenvalue weighted by atomic mass is 16.5. The number of aliphatic hydroxyl groups excluding tert-OH is 1. The van der Waals surface area contributed by atoms with E-state index in [1.165, 1.54) is 5.56 Å². The predicted molar refractivity (Wildman–Crippen MR) is 75.1 cm³/mol. The number of aryl methyl sites for hydroxylation is 1. The fourth-order valence-electron chi connectivity index (χ4n) is 1.90. The number of hydrogen-bond donors (Lipinski definition) is 1. The van der Waals surface area contributed by atoms with Gasteiger partial charge in [-0.15, -0.1) is 0 Å². The lowest BCUT2D eigenvalue weighted by molar-refractivity contribution is 0.0861. The van der Waals surface area contributed by atoms with E-state index in [1.807, 2.05) is 19.1 Å². The van der Waals surface area contributed by atoms with Crippen LogP contribution in [0.1, 0.15) is 25.8 Å². The predicted octanol–water partition coefficient (Wildman–Crippen LogP) is 2.33. The number of benzene rings is 1. The normalized spacial score (nSPS) is 14.6. The third-order valence-corrected chi connectivity index (χ3v) is 3.53. The summed E-state index contributed by atoms with van der Waals surface area (Å²) in [7, 11) is 3.74. The molecule has 0 spiro atoms. The van der Waals surface area contributed by atoms with Gasteiger partial charge in [-0.2, -0.15) is 0 Å². The van der Waals surface area contributed by atoms with Crippen LogP contribution in [0.15, 0.2) is 24.3 Å². The summed E-state index contributed by atoms with van der Waals surface area (Å²) in [5.41, 5.74) is 1.33. The fraction of sp³-hybridized carbons (Fsp3) is 0.600. The summed E-state index contributed by atoms with van der Waals surface area (Å²) < 4.78 is 5.13. The fourth-order valence-corrected chi connectivity index (χ4v) is 1.90. The Morgan fingerprint density at radius 3 is 2.33 bits per heavy atom. The maximum absolute atomic E-state index is 9.51. The van der Waals surface area contributed by atoms with Crippen molar-refractivity contribution in [2.24, 2.45) is 0 Å². The number of hydrogen-bond acceptors (Lipinski definition) is 3. The largest absolute Gasteiger partial charge is 0.497 e. The molecule has 0 radical (unpaired) electrons. The smallest absolute Gasteiger partial charge is 0.118 e. The quantitative estimate of drug-likeness (QED) is 0.807. The molecule has 1 aromatic rings. The molecule has 1 rings (SSSR count). The van der Waals surface area contributed by atoms with Crippen molar-refractivity contribution in [3.63, 3.8) is 0 Å². The highest BCUT2D eigenvalue weighted by molar-refractivity contribution is 5.27. The van der Waals surface area contributed by atoms with Gasteiger partial charge >= 0.3 is 0 Å². The monoisotopic (exact) mass is 251 g/mol. The lowest BCUT2D eigenvalue weighted by Gasteiger charge is -2.26. The zero-order valence-corrected chi connectivity index (χ0v) is 11.9. The third kappa shape index (κ3) is 4.67. The number of methoxy groups -OCH3 is 1. The van der Waals surface area contributed by atoms with E-state index in [0.717, 1.165) is 25.1 Å². The zero-order valence-electron chi connectivity index (χ0n) is 11.9. The van der Waals surface area contributed by atoms with Gasteiger partial charge in [0.1, 0.15) is 5.75 Å². The van der Waals surface area contributed by atoms with Gasteiger partial charge in [0.25, 0.3) is 0 Å². The molecule has 102 valence electrons. The molecular weight excluding hydrogens is 226 g/mol. The topological polar surface area (TPSA) is 32.7 Å². The van der Waals surface area contributed by atoms with Gasteiger partial charge in [0.05, 0.1) is 13.2 Å². The van der Waals surface area contributed by atoms with Crippen molar-refractivity contribution in [2.45, 2.75) is 38.8 Å². The van der Waals surface area contributed by atoms with Crippen molar-refractivity contribution in [1.29, 1.82) is 0 Å². The highest BCUT2D eigenvalue weighted by Crippen LogP contribution is 2.13. The first-order chi connectivity index (χ1) is 8.54. The molecule has 1 N–H and O–H groups in total. The van der Waals surface area contributed by atoms with Gasteiger partial charge in [0.2, 0.25) is 0 Å². The molecule has 3 nitrogen and oxygen atoms in total. The Morgan fingerprint density at radius 2 is 1.83 bits per heavy atom. The third-order valence-electron chi connectivity index (χ3n) is 3.53. The van der Waals surface area contributed by atoms with Crippen LogP contribution in [0.25, 0.3) is 0 Å². The minimum Gasteiger partial charge on any atom is -0.497 e. The molecule has 1 aromatic carbocycles. The second-order valence-corrected chi connectivity index (χ2v) is 4.91. The molecular formula is C15H25NO2. The molecule has 0 aliphatic rings. The molecule has 0 aliphatic heterocycles. The van der Waals surface area contributed by atoms with E-state index >= 15 is 0 Å². The molecule has 0 unspecified atom stereocenters. The average molecular weight is 251 g/mol. The summed E-state index contributed by atoms with van der Waals surface area (Å²) in [4.78, 5) is 2.20. The van der Waals surface area contributed by atoms with E-state index in [-0.39, 0.29) is 12.1 Å². The Hall–Kier alpha value is -1.06. The minimum absolute atomic E-state index is 0.209. The number of rotatable bonds is 7. The SMILES string of the molecule is COc1ccc(CCCN(C)[C@@H](C)[C@H](C)O)cc1. The van der Waals surface area contributed by atoms with E-state index in [2.05, 4.69) is 31.0 Å². The molecule has 0 fully saturated rings. The van der Waals surface area contributed by atoms with Gasteiger partial charge in [-0.05, 0) is 58.0 Å². The molecule has 3 heteroatoms. The highest BCUT2D eigenvalue weighted by Gasteiger charge is 2.13. The van der Waals surface area contributed by atoms with Crippen LogP contribution in [0.5, 0.6) is 5.75 Å². The second kappa shape index (κ2) is 7.39. The molecule has 0 saturated carbocycles. The standard InChI is InChI=1S/C15H25NO2/c1-12(13(2)17)16(3)11-5-6-14-7-9-15(18-4)10-8-14/h7-10,12-13,17H,5-6,11H2,1-4H3/t12-,13-/m0/s1. The first-order valence-electron chi connectivity index (χ1n) is 6.56. The van der Waals surface area contributed by atoms with Crippen molar-refractivity contribution >= 4 is 0 Å². The van der Waals surface area contributed by atoms with Crippen LogP contribution >= 0.6 is 0 Å². The van der Waals surface area contributed by atoms with Gasteiger partial charge in [0, 0.05) is 6.04 Å². The van der Waals surface area contributed by atoms with Crippen LogP contribution in [0.2, 0.25) is 0 Å². The first-order valence-corrected chi connectivity index (χ1v) is 6.56. The van der Waals surface area contributed by atoms with Gasteiger partial charge < -0.3 is 14.7 Å². The summed E-state index contributed by atoms with van der Waals surface area (Å²) in [5, 5.41) is 9.51. The van der Waals surface area contributed by atoms with Crippen molar-refractivity contribution in [3.8, 4) is 5.75 Å².